The van der Waals surface area contributed by atoms with E-state index in [-0.39, 0.29) is 17.3 Å². The third kappa shape index (κ3) is 3.82. The zero-order valence-corrected chi connectivity index (χ0v) is 19.1. The smallest absolute Gasteiger partial charge is 0.450 e. The normalized spacial score (nSPS) is 17.4. The lowest BCUT2D eigenvalue weighted by Gasteiger charge is -2.37. The molecule has 1 aliphatic carbocycles. The van der Waals surface area contributed by atoms with Gasteiger partial charge in [-0.05, 0) is 48.2 Å². The van der Waals surface area contributed by atoms with Crippen LogP contribution in [0, 0.1) is 5.82 Å². The van der Waals surface area contributed by atoms with Crippen molar-refractivity contribution in [2.45, 2.75) is 30.9 Å². The molecule has 8 heteroatoms. The second-order valence-electron chi connectivity index (χ2n) is 9.00. The summed E-state index contributed by atoms with van der Waals surface area (Å²) in [5.41, 5.74) is 4.40. The first kappa shape index (κ1) is 21.2. The number of fused-ring (bicyclic) bond motifs is 1. The Balaban J connectivity index is 1.21. The summed E-state index contributed by atoms with van der Waals surface area (Å²) >= 11 is 1.41. The number of pyridine rings is 1. The van der Waals surface area contributed by atoms with E-state index in [2.05, 4.69) is 35.3 Å². The summed E-state index contributed by atoms with van der Waals surface area (Å²) in [6.45, 7) is 1.58. The Morgan fingerprint density at radius 3 is 2.62 bits per heavy atom. The fourth-order valence-electron chi connectivity index (χ4n) is 4.73. The molecular formula is C26H22FN3O3S. The lowest BCUT2D eigenvalue weighted by molar-refractivity contribution is -0.0363. The molecule has 2 fully saturated rings. The summed E-state index contributed by atoms with van der Waals surface area (Å²) in [6, 6.07) is 19.7. The summed E-state index contributed by atoms with van der Waals surface area (Å²) in [6.07, 6.45) is 0.595. The number of hydrogen-bond donors (Lipinski definition) is 1. The van der Waals surface area contributed by atoms with E-state index in [9.17, 15) is 4.79 Å². The summed E-state index contributed by atoms with van der Waals surface area (Å²) in [7, 11) is 0. The molecule has 6 rings (SSSR count). The Hall–Kier alpha value is -3.36. The Kier molecular flexibility index (Phi) is 5.08. The van der Waals surface area contributed by atoms with E-state index in [1.165, 1.54) is 23.0 Å². The maximum atomic E-state index is 15.0. The Morgan fingerprint density at radius 1 is 1.12 bits per heavy atom. The monoisotopic (exact) mass is 475 g/mol. The van der Waals surface area contributed by atoms with Gasteiger partial charge in [0.2, 0.25) is 0 Å². The van der Waals surface area contributed by atoms with Crippen LogP contribution in [-0.2, 0) is 16.7 Å². The average molecular weight is 476 g/mol. The summed E-state index contributed by atoms with van der Waals surface area (Å²) in [4.78, 5) is 23.0. The van der Waals surface area contributed by atoms with Crippen molar-refractivity contribution in [2.75, 3.05) is 13.1 Å². The average Bonchev–Trinajstić information content (AvgIpc) is 3.51. The number of carboxylic acid groups (broad SMARTS) is 1. The van der Waals surface area contributed by atoms with E-state index in [4.69, 9.17) is 14.8 Å². The van der Waals surface area contributed by atoms with E-state index in [1.54, 1.807) is 6.07 Å². The number of hydrogen-bond acceptors (Lipinski definition) is 6. The van der Waals surface area contributed by atoms with Gasteiger partial charge in [0.1, 0.15) is 27.3 Å². The van der Waals surface area contributed by atoms with Crippen LogP contribution in [0.4, 0.5) is 9.18 Å². The molecule has 0 radical (unpaired) electrons. The molecule has 1 saturated heterocycles. The minimum absolute atomic E-state index is 0.0160. The molecule has 6 nitrogen and oxygen atoms in total. The van der Waals surface area contributed by atoms with Crippen LogP contribution in [0.3, 0.4) is 0 Å². The minimum atomic E-state index is -1.26. The molecule has 172 valence electrons. The predicted molar refractivity (Wildman–Crippen MR) is 127 cm³/mol. The van der Waals surface area contributed by atoms with Crippen molar-refractivity contribution in [3.05, 3.63) is 83.3 Å². The van der Waals surface area contributed by atoms with E-state index in [0.717, 1.165) is 34.4 Å². The summed E-state index contributed by atoms with van der Waals surface area (Å²) in [5, 5.41) is 9.28. The van der Waals surface area contributed by atoms with Crippen molar-refractivity contribution < 1.29 is 19.0 Å². The van der Waals surface area contributed by atoms with Gasteiger partial charge in [-0.3, -0.25) is 4.90 Å². The molecule has 2 aromatic carbocycles. The van der Waals surface area contributed by atoms with Gasteiger partial charge < -0.3 is 9.84 Å². The van der Waals surface area contributed by atoms with E-state index >= 15 is 4.39 Å². The molecule has 1 saturated carbocycles. The minimum Gasteiger partial charge on any atom is -0.450 e. The first-order chi connectivity index (χ1) is 16.5. The number of aromatic nitrogens is 2. The van der Waals surface area contributed by atoms with Crippen LogP contribution in [0.5, 0.6) is 0 Å². The third-order valence-corrected chi connectivity index (χ3v) is 7.68. The van der Waals surface area contributed by atoms with Gasteiger partial charge in [0, 0.05) is 30.6 Å². The topological polar surface area (TPSA) is 75.6 Å². The van der Waals surface area contributed by atoms with Crippen molar-refractivity contribution in [3.63, 3.8) is 0 Å². The quantitative estimate of drug-likeness (QED) is 0.374. The van der Waals surface area contributed by atoms with Crippen LogP contribution in [-0.4, -0.2) is 45.3 Å². The molecule has 1 aliphatic heterocycles. The second kappa shape index (κ2) is 8.14. The van der Waals surface area contributed by atoms with Gasteiger partial charge in [0.15, 0.2) is 0 Å². The molecule has 0 spiro atoms. The Morgan fingerprint density at radius 2 is 1.91 bits per heavy atom. The van der Waals surface area contributed by atoms with Gasteiger partial charge in [-0.25, -0.2) is 19.2 Å². The predicted octanol–water partition coefficient (Wildman–Crippen LogP) is 5.46. The number of halogens is 1. The van der Waals surface area contributed by atoms with Gasteiger partial charge in [-0.1, -0.05) is 47.7 Å². The number of carbonyl (C=O) groups is 1. The number of thiazole rings is 1. The second-order valence-corrected chi connectivity index (χ2v) is 9.98. The molecule has 1 N–H and O–H groups in total. The molecular weight excluding hydrogens is 453 g/mol. The lowest BCUT2D eigenvalue weighted by atomic mass is 9.92. The number of benzene rings is 2. The van der Waals surface area contributed by atoms with E-state index in [0.29, 0.717) is 30.2 Å². The molecule has 2 aromatic heterocycles. The number of ether oxygens (including phenoxy) is 1. The lowest BCUT2D eigenvalue weighted by Crippen LogP contribution is -2.52. The maximum Gasteiger partial charge on any atom is 0.506 e. The molecule has 0 unspecified atom stereocenters. The largest absolute Gasteiger partial charge is 0.506 e. The number of rotatable bonds is 6. The van der Waals surface area contributed by atoms with Crippen LogP contribution in [0.2, 0.25) is 0 Å². The van der Waals surface area contributed by atoms with Crippen molar-refractivity contribution in [1.82, 2.24) is 14.9 Å². The SMILES string of the molecule is O=C(O)OC1CN(Cc2ccc(-c3nc4ccc(C5(c6ccccc6)CC5)nc4s3)c(F)c2)C1. The highest BCUT2D eigenvalue weighted by Gasteiger charge is 2.47. The number of nitrogens with zero attached hydrogens (tertiary/aromatic N) is 3. The standard InChI is InChI=1S/C26H22FN3O3S/c27-20-12-16(13-30-14-18(15-30)33-25(31)32)6-7-19(20)23-28-21-8-9-22(29-24(21)34-23)26(10-11-26)17-4-2-1-3-5-17/h1-9,12,18H,10-11,13-15H2,(H,31,32). The summed E-state index contributed by atoms with van der Waals surface area (Å²) in [5.74, 6) is -0.321. The van der Waals surface area contributed by atoms with Crippen LogP contribution >= 0.6 is 11.3 Å². The zero-order valence-electron chi connectivity index (χ0n) is 18.3. The first-order valence-electron chi connectivity index (χ1n) is 11.2. The van der Waals surface area contributed by atoms with Crippen molar-refractivity contribution >= 4 is 27.8 Å². The molecule has 0 amide bonds. The molecule has 34 heavy (non-hydrogen) atoms. The Bertz CT molecular complexity index is 1380. The van der Waals surface area contributed by atoms with Crippen molar-refractivity contribution in [2.24, 2.45) is 0 Å². The molecule has 3 heterocycles. The van der Waals surface area contributed by atoms with E-state index in [1.807, 2.05) is 23.1 Å². The number of likely N-dealkylation sites (tertiary alicyclic amines) is 1. The highest BCUT2D eigenvalue weighted by Crippen LogP contribution is 2.53. The molecule has 4 aromatic rings. The maximum absolute atomic E-state index is 15.0. The van der Waals surface area contributed by atoms with Crippen LogP contribution in [0.15, 0.2) is 60.7 Å². The van der Waals surface area contributed by atoms with Gasteiger partial charge in [0.05, 0.1) is 5.69 Å². The van der Waals surface area contributed by atoms with Crippen LogP contribution in [0.25, 0.3) is 20.9 Å². The van der Waals surface area contributed by atoms with Crippen molar-refractivity contribution in [3.8, 4) is 10.6 Å². The highest BCUT2D eigenvalue weighted by atomic mass is 32.1. The molecule has 0 bridgehead atoms. The fourth-order valence-corrected chi connectivity index (χ4v) is 5.70. The zero-order chi connectivity index (χ0) is 23.3. The van der Waals surface area contributed by atoms with Gasteiger partial charge >= 0.3 is 6.16 Å². The first-order valence-corrected chi connectivity index (χ1v) is 12.1. The van der Waals surface area contributed by atoms with Gasteiger partial charge in [0.25, 0.3) is 0 Å². The fraction of sp³-hybridized carbons (Fsp3) is 0.269. The van der Waals surface area contributed by atoms with Crippen LogP contribution < -0.4 is 0 Å². The van der Waals surface area contributed by atoms with Gasteiger partial charge in [-0.2, -0.15) is 0 Å². The third-order valence-electron chi connectivity index (χ3n) is 6.68. The van der Waals surface area contributed by atoms with E-state index < -0.39 is 6.16 Å². The summed E-state index contributed by atoms with van der Waals surface area (Å²) < 4.78 is 19.7. The van der Waals surface area contributed by atoms with Crippen molar-refractivity contribution in [1.29, 1.82) is 0 Å². The molecule has 2 aliphatic rings. The highest BCUT2D eigenvalue weighted by molar-refractivity contribution is 7.21. The van der Waals surface area contributed by atoms with Gasteiger partial charge in [-0.15, -0.1) is 0 Å². The van der Waals surface area contributed by atoms with Crippen LogP contribution in [0.1, 0.15) is 29.7 Å². The Labute approximate surface area is 199 Å². The molecule has 0 atom stereocenters.